The third-order valence-corrected chi connectivity index (χ3v) is 6.94. The SMILES string of the molecule is O=C(Cc1ccccc1C(F)(F)F)N1CCC2(CCNC[C@H]2c2ccc(F)cc2)CC1. The number of amides is 1. The molecule has 2 aliphatic rings. The molecule has 2 fully saturated rings. The van der Waals surface area contributed by atoms with E-state index in [2.05, 4.69) is 5.32 Å². The quantitative estimate of drug-likeness (QED) is 0.706. The van der Waals surface area contributed by atoms with Crippen molar-refractivity contribution in [2.75, 3.05) is 26.2 Å². The highest BCUT2D eigenvalue weighted by Crippen LogP contribution is 2.48. The van der Waals surface area contributed by atoms with Gasteiger partial charge in [-0.15, -0.1) is 0 Å². The monoisotopic (exact) mass is 434 g/mol. The van der Waals surface area contributed by atoms with Crippen LogP contribution in [0.3, 0.4) is 0 Å². The molecule has 2 saturated heterocycles. The lowest BCUT2D eigenvalue weighted by atomic mass is 9.62. The minimum atomic E-state index is -4.47. The van der Waals surface area contributed by atoms with Crippen molar-refractivity contribution >= 4 is 5.91 Å². The van der Waals surface area contributed by atoms with Crippen molar-refractivity contribution in [2.45, 2.75) is 37.8 Å². The number of rotatable bonds is 3. The maximum atomic E-state index is 13.4. The molecule has 0 saturated carbocycles. The van der Waals surface area contributed by atoms with E-state index in [1.807, 2.05) is 12.1 Å². The molecular weight excluding hydrogens is 408 g/mol. The molecule has 7 heteroatoms. The molecule has 2 aromatic rings. The van der Waals surface area contributed by atoms with E-state index in [0.717, 1.165) is 44.0 Å². The summed E-state index contributed by atoms with van der Waals surface area (Å²) in [5.74, 6) is -0.301. The van der Waals surface area contributed by atoms with Gasteiger partial charge in [0.25, 0.3) is 0 Å². The van der Waals surface area contributed by atoms with Crippen molar-refractivity contribution < 1.29 is 22.4 Å². The highest BCUT2D eigenvalue weighted by atomic mass is 19.4. The number of likely N-dealkylation sites (tertiary alicyclic amines) is 1. The molecule has 1 N–H and O–H groups in total. The van der Waals surface area contributed by atoms with Gasteiger partial charge < -0.3 is 10.2 Å². The molecule has 0 unspecified atom stereocenters. The largest absolute Gasteiger partial charge is 0.416 e. The number of nitrogens with one attached hydrogen (secondary N) is 1. The summed E-state index contributed by atoms with van der Waals surface area (Å²) in [5.41, 5.74) is 0.384. The van der Waals surface area contributed by atoms with E-state index >= 15 is 0 Å². The number of hydrogen-bond acceptors (Lipinski definition) is 2. The van der Waals surface area contributed by atoms with E-state index in [0.29, 0.717) is 13.1 Å². The number of hydrogen-bond donors (Lipinski definition) is 1. The van der Waals surface area contributed by atoms with Crippen LogP contribution < -0.4 is 5.32 Å². The van der Waals surface area contributed by atoms with Gasteiger partial charge in [0.15, 0.2) is 0 Å². The van der Waals surface area contributed by atoms with E-state index in [4.69, 9.17) is 0 Å². The summed E-state index contributed by atoms with van der Waals surface area (Å²) >= 11 is 0. The van der Waals surface area contributed by atoms with E-state index in [-0.39, 0.29) is 35.0 Å². The Balaban J connectivity index is 1.45. The third-order valence-electron chi connectivity index (χ3n) is 6.94. The Morgan fingerprint density at radius 2 is 1.71 bits per heavy atom. The standard InChI is InChI=1S/C24H26F4N2O/c25-19-7-5-17(6-8-19)21-16-29-12-9-23(21)10-13-30(14-11-23)22(31)15-18-3-1-2-4-20(18)24(26,27)28/h1-8,21,29H,9-16H2/t21-/m0/s1. The normalized spacial score (nSPS) is 21.3. The molecule has 31 heavy (non-hydrogen) atoms. The van der Waals surface area contributed by atoms with Crippen LogP contribution in [-0.2, 0) is 17.4 Å². The molecule has 3 nitrogen and oxygen atoms in total. The average Bonchev–Trinajstić information content (AvgIpc) is 2.75. The van der Waals surface area contributed by atoms with Crippen molar-refractivity contribution in [2.24, 2.45) is 5.41 Å². The lowest BCUT2D eigenvalue weighted by molar-refractivity contribution is -0.139. The second-order valence-corrected chi connectivity index (χ2v) is 8.63. The molecule has 2 aromatic carbocycles. The molecule has 0 radical (unpaired) electrons. The van der Waals surface area contributed by atoms with Crippen molar-refractivity contribution in [1.29, 1.82) is 0 Å². The number of piperidine rings is 2. The van der Waals surface area contributed by atoms with Gasteiger partial charge >= 0.3 is 6.18 Å². The Kier molecular flexibility index (Phi) is 6.06. The maximum Gasteiger partial charge on any atom is 0.416 e. The van der Waals surface area contributed by atoms with Crippen molar-refractivity contribution in [1.82, 2.24) is 10.2 Å². The van der Waals surface area contributed by atoms with Crippen LogP contribution in [0.2, 0.25) is 0 Å². The van der Waals surface area contributed by atoms with E-state index in [9.17, 15) is 22.4 Å². The molecule has 2 aliphatic heterocycles. The minimum Gasteiger partial charge on any atom is -0.342 e. The van der Waals surface area contributed by atoms with Gasteiger partial charge in [-0.1, -0.05) is 30.3 Å². The first-order chi connectivity index (χ1) is 14.8. The summed E-state index contributed by atoms with van der Waals surface area (Å²) in [6.07, 6.45) is -2.16. The van der Waals surface area contributed by atoms with Crippen LogP contribution in [0, 0.1) is 11.2 Å². The highest BCUT2D eigenvalue weighted by Gasteiger charge is 2.44. The molecule has 0 aliphatic carbocycles. The molecule has 1 amide bonds. The lowest BCUT2D eigenvalue weighted by Crippen LogP contribution is -2.51. The maximum absolute atomic E-state index is 13.4. The zero-order chi connectivity index (χ0) is 22.1. The number of nitrogens with zero attached hydrogens (tertiary/aromatic N) is 1. The Morgan fingerprint density at radius 1 is 1.03 bits per heavy atom. The first-order valence-electron chi connectivity index (χ1n) is 10.7. The van der Waals surface area contributed by atoms with Gasteiger partial charge in [0, 0.05) is 25.6 Å². The molecule has 0 bridgehead atoms. The summed E-state index contributed by atoms with van der Waals surface area (Å²) in [7, 11) is 0. The second kappa shape index (κ2) is 8.61. The predicted octanol–water partition coefficient (Wildman–Crippen LogP) is 4.77. The third kappa shape index (κ3) is 4.61. The topological polar surface area (TPSA) is 32.3 Å². The zero-order valence-electron chi connectivity index (χ0n) is 17.2. The van der Waals surface area contributed by atoms with Crippen LogP contribution in [0.25, 0.3) is 0 Å². The number of halogens is 4. The fourth-order valence-corrected chi connectivity index (χ4v) is 5.17. The Morgan fingerprint density at radius 3 is 2.39 bits per heavy atom. The summed E-state index contributed by atoms with van der Waals surface area (Å²) in [5, 5.41) is 3.43. The van der Waals surface area contributed by atoms with Crippen molar-refractivity contribution in [3.05, 3.63) is 71.0 Å². The van der Waals surface area contributed by atoms with Gasteiger partial charge in [0.2, 0.25) is 5.91 Å². The first kappa shape index (κ1) is 21.8. The Hall–Kier alpha value is -2.41. The molecule has 2 heterocycles. The fourth-order valence-electron chi connectivity index (χ4n) is 5.17. The summed E-state index contributed by atoms with van der Waals surface area (Å²) in [6, 6.07) is 11.9. The molecule has 0 aromatic heterocycles. The fraction of sp³-hybridized carbons (Fsp3) is 0.458. The van der Waals surface area contributed by atoms with E-state index < -0.39 is 11.7 Å². The van der Waals surface area contributed by atoms with Crippen LogP contribution in [-0.4, -0.2) is 37.0 Å². The molecule has 166 valence electrons. The first-order valence-corrected chi connectivity index (χ1v) is 10.7. The Bertz CT molecular complexity index is 918. The number of benzene rings is 2. The minimum absolute atomic E-state index is 0.0176. The van der Waals surface area contributed by atoms with E-state index in [1.54, 1.807) is 4.90 Å². The second-order valence-electron chi connectivity index (χ2n) is 8.63. The van der Waals surface area contributed by atoms with Gasteiger partial charge in [0.1, 0.15) is 5.82 Å². The van der Waals surface area contributed by atoms with Crippen LogP contribution in [0.4, 0.5) is 17.6 Å². The molecular formula is C24H26F4N2O. The number of carbonyl (C=O) groups is 1. The highest BCUT2D eigenvalue weighted by molar-refractivity contribution is 5.79. The van der Waals surface area contributed by atoms with Crippen LogP contribution >= 0.6 is 0 Å². The number of alkyl halides is 3. The van der Waals surface area contributed by atoms with Gasteiger partial charge in [-0.05, 0) is 60.5 Å². The summed E-state index contributed by atoms with van der Waals surface area (Å²) < 4.78 is 53.1. The smallest absolute Gasteiger partial charge is 0.342 e. The molecule has 4 rings (SSSR count). The molecule has 1 atom stereocenters. The zero-order valence-corrected chi connectivity index (χ0v) is 17.2. The molecule has 1 spiro atoms. The summed E-state index contributed by atoms with van der Waals surface area (Å²) in [6.45, 7) is 2.76. The van der Waals surface area contributed by atoms with E-state index in [1.165, 1.54) is 30.3 Å². The number of carbonyl (C=O) groups excluding carboxylic acids is 1. The van der Waals surface area contributed by atoms with Crippen LogP contribution in [0.15, 0.2) is 48.5 Å². The predicted molar refractivity (Wildman–Crippen MR) is 110 cm³/mol. The van der Waals surface area contributed by atoms with Gasteiger partial charge in [-0.25, -0.2) is 4.39 Å². The van der Waals surface area contributed by atoms with Crippen LogP contribution in [0.1, 0.15) is 41.9 Å². The van der Waals surface area contributed by atoms with Crippen LogP contribution in [0.5, 0.6) is 0 Å². The van der Waals surface area contributed by atoms with Gasteiger partial charge in [-0.2, -0.15) is 13.2 Å². The lowest BCUT2D eigenvalue weighted by Gasteiger charge is -2.49. The van der Waals surface area contributed by atoms with Crippen molar-refractivity contribution in [3.8, 4) is 0 Å². The average molecular weight is 434 g/mol. The van der Waals surface area contributed by atoms with Gasteiger partial charge in [0.05, 0.1) is 12.0 Å². The van der Waals surface area contributed by atoms with Crippen molar-refractivity contribution in [3.63, 3.8) is 0 Å². The Labute approximate surface area is 179 Å². The summed E-state index contributed by atoms with van der Waals surface area (Å²) in [4.78, 5) is 14.5. The van der Waals surface area contributed by atoms with Gasteiger partial charge in [-0.3, -0.25) is 4.79 Å².